The Hall–Kier alpha value is -1.86. The standard InChI is InChI=1S/C14H18N2O2/c1-3-11(2)8-16-14(18)13-7-12(5-4-6-17)9-15-10-13/h7,9-11,17H,3,6,8H2,1-2H3,(H,16,18). The van der Waals surface area contributed by atoms with Gasteiger partial charge in [0.2, 0.25) is 0 Å². The summed E-state index contributed by atoms with van der Waals surface area (Å²) in [6, 6.07) is 1.67. The lowest BCUT2D eigenvalue weighted by Gasteiger charge is -2.09. The molecule has 1 aromatic heterocycles. The molecule has 1 amide bonds. The third-order valence-corrected chi connectivity index (χ3v) is 2.62. The lowest BCUT2D eigenvalue weighted by Crippen LogP contribution is -2.28. The summed E-state index contributed by atoms with van der Waals surface area (Å²) in [6.45, 7) is 4.62. The molecule has 0 saturated carbocycles. The number of carbonyl (C=O) groups is 1. The Morgan fingerprint density at radius 2 is 2.33 bits per heavy atom. The fraction of sp³-hybridized carbons (Fsp3) is 0.429. The lowest BCUT2D eigenvalue weighted by molar-refractivity contribution is 0.0947. The van der Waals surface area contributed by atoms with Crippen LogP contribution in [-0.2, 0) is 0 Å². The predicted molar refractivity (Wildman–Crippen MR) is 70.0 cm³/mol. The van der Waals surface area contributed by atoms with Crippen LogP contribution in [0.5, 0.6) is 0 Å². The van der Waals surface area contributed by atoms with Crippen LogP contribution in [-0.4, -0.2) is 29.1 Å². The van der Waals surface area contributed by atoms with Crippen LogP contribution in [0.2, 0.25) is 0 Å². The second kappa shape index (κ2) is 7.46. The zero-order chi connectivity index (χ0) is 13.4. The van der Waals surface area contributed by atoms with Gasteiger partial charge in [0, 0.05) is 24.5 Å². The summed E-state index contributed by atoms with van der Waals surface area (Å²) >= 11 is 0. The highest BCUT2D eigenvalue weighted by Gasteiger charge is 2.07. The first kappa shape index (κ1) is 14.2. The molecule has 1 heterocycles. The topological polar surface area (TPSA) is 62.2 Å². The van der Waals surface area contributed by atoms with Gasteiger partial charge in [-0.15, -0.1) is 0 Å². The summed E-state index contributed by atoms with van der Waals surface area (Å²) in [5.41, 5.74) is 1.11. The van der Waals surface area contributed by atoms with E-state index in [0.717, 1.165) is 6.42 Å². The van der Waals surface area contributed by atoms with E-state index in [-0.39, 0.29) is 12.5 Å². The molecule has 4 nitrogen and oxygen atoms in total. The average Bonchev–Trinajstić information content (AvgIpc) is 2.42. The number of rotatable bonds is 4. The SMILES string of the molecule is CCC(C)CNC(=O)c1cncc(C#CCO)c1. The van der Waals surface area contributed by atoms with Crippen LogP contribution in [0.4, 0.5) is 0 Å². The van der Waals surface area contributed by atoms with E-state index < -0.39 is 0 Å². The molecule has 1 unspecified atom stereocenters. The maximum Gasteiger partial charge on any atom is 0.252 e. The number of aliphatic hydroxyl groups is 1. The first-order chi connectivity index (χ1) is 8.67. The summed E-state index contributed by atoms with van der Waals surface area (Å²) in [4.78, 5) is 15.8. The van der Waals surface area contributed by atoms with Crippen molar-refractivity contribution in [2.24, 2.45) is 5.92 Å². The van der Waals surface area contributed by atoms with E-state index in [4.69, 9.17) is 5.11 Å². The van der Waals surface area contributed by atoms with Crippen molar-refractivity contribution in [2.45, 2.75) is 20.3 Å². The molecular formula is C14H18N2O2. The van der Waals surface area contributed by atoms with Crippen LogP contribution in [0.3, 0.4) is 0 Å². The molecule has 0 aliphatic heterocycles. The monoisotopic (exact) mass is 246 g/mol. The number of aromatic nitrogens is 1. The van der Waals surface area contributed by atoms with Crippen molar-refractivity contribution >= 4 is 5.91 Å². The third-order valence-electron chi connectivity index (χ3n) is 2.62. The van der Waals surface area contributed by atoms with Crippen molar-refractivity contribution < 1.29 is 9.90 Å². The number of nitrogens with one attached hydrogen (secondary N) is 1. The van der Waals surface area contributed by atoms with E-state index in [1.54, 1.807) is 12.3 Å². The van der Waals surface area contributed by atoms with Crippen LogP contribution in [0.1, 0.15) is 36.2 Å². The molecule has 1 aromatic rings. The highest BCUT2D eigenvalue weighted by atomic mass is 16.2. The Labute approximate surface area is 107 Å². The molecule has 1 atom stereocenters. The van der Waals surface area contributed by atoms with Gasteiger partial charge in [0.25, 0.3) is 5.91 Å². The molecular weight excluding hydrogens is 228 g/mol. The number of amides is 1. The number of pyridine rings is 1. The summed E-state index contributed by atoms with van der Waals surface area (Å²) in [5, 5.41) is 11.5. The van der Waals surface area contributed by atoms with Crippen LogP contribution >= 0.6 is 0 Å². The van der Waals surface area contributed by atoms with Crippen molar-refractivity contribution in [3.8, 4) is 11.8 Å². The van der Waals surface area contributed by atoms with E-state index in [2.05, 4.69) is 36.0 Å². The summed E-state index contributed by atoms with van der Waals surface area (Å²) in [6.07, 6.45) is 4.10. The second-order valence-corrected chi connectivity index (χ2v) is 4.15. The van der Waals surface area contributed by atoms with Crippen molar-refractivity contribution in [3.63, 3.8) is 0 Å². The second-order valence-electron chi connectivity index (χ2n) is 4.15. The van der Waals surface area contributed by atoms with Gasteiger partial charge < -0.3 is 10.4 Å². The Morgan fingerprint density at radius 3 is 3.00 bits per heavy atom. The zero-order valence-corrected chi connectivity index (χ0v) is 10.7. The number of carbonyl (C=O) groups excluding carboxylic acids is 1. The molecule has 18 heavy (non-hydrogen) atoms. The Morgan fingerprint density at radius 1 is 1.56 bits per heavy atom. The molecule has 0 aliphatic rings. The summed E-state index contributed by atoms with van der Waals surface area (Å²) in [5.74, 6) is 5.56. The minimum atomic E-state index is -0.204. The van der Waals surface area contributed by atoms with Gasteiger partial charge >= 0.3 is 0 Å². The van der Waals surface area contributed by atoms with Crippen molar-refractivity contribution in [1.82, 2.24) is 10.3 Å². The van der Waals surface area contributed by atoms with E-state index in [1.807, 2.05) is 0 Å². The largest absolute Gasteiger partial charge is 0.384 e. The normalized spacial score (nSPS) is 11.3. The number of aliphatic hydroxyl groups excluding tert-OH is 1. The Bertz CT molecular complexity index is 460. The Balaban J connectivity index is 2.68. The molecule has 2 N–H and O–H groups in total. The third kappa shape index (κ3) is 4.56. The highest BCUT2D eigenvalue weighted by Crippen LogP contribution is 2.03. The van der Waals surface area contributed by atoms with Gasteiger partial charge in [-0.3, -0.25) is 9.78 Å². The quantitative estimate of drug-likeness (QED) is 0.785. The van der Waals surface area contributed by atoms with E-state index >= 15 is 0 Å². The van der Waals surface area contributed by atoms with Crippen molar-refractivity contribution in [2.75, 3.05) is 13.2 Å². The average molecular weight is 246 g/mol. The maximum absolute atomic E-state index is 11.8. The van der Waals surface area contributed by atoms with Gasteiger partial charge in [0.15, 0.2) is 0 Å². The number of hydrogen-bond acceptors (Lipinski definition) is 3. The van der Waals surface area contributed by atoms with Crippen molar-refractivity contribution in [3.05, 3.63) is 29.6 Å². The number of nitrogens with zero attached hydrogens (tertiary/aromatic N) is 1. The zero-order valence-electron chi connectivity index (χ0n) is 10.7. The van der Waals surface area contributed by atoms with Crippen LogP contribution in [0.25, 0.3) is 0 Å². The minimum Gasteiger partial charge on any atom is -0.384 e. The van der Waals surface area contributed by atoms with Crippen LogP contribution < -0.4 is 5.32 Å². The molecule has 0 bridgehead atoms. The molecule has 0 fully saturated rings. The predicted octanol–water partition coefficient (Wildman–Crippen LogP) is 1.20. The van der Waals surface area contributed by atoms with Crippen LogP contribution in [0.15, 0.2) is 18.5 Å². The van der Waals surface area contributed by atoms with E-state index in [0.29, 0.717) is 23.6 Å². The summed E-state index contributed by atoms with van der Waals surface area (Å²) in [7, 11) is 0. The Kier molecular flexibility index (Phi) is 5.89. The van der Waals surface area contributed by atoms with Crippen LogP contribution in [0, 0.1) is 17.8 Å². The van der Waals surface area contributed by atoms with Gasteiger partial charge in [0.1, 0.15) is 6.61 Å². The van der Waals surface area contributed by atoms with Crippen molar-refractivity contribution in [1.29, 1.82) is 0 Å². The maximum atomic E-state index is 11.8. The van der Waals surface area contributed by atoms with Gasteiger partial charge in [-0.2, -0.15) is 0 Å². The molecule has 0 radical (unpaired) electrons. The molecule has 0 aromatic carbocycles. The molecule has 0 aliphatic carbocycles. The molecule has 0 spiro atoms. The molecule has 0 saturated heterocycles. The molecule has 96 valence electrons. The fourth-order valence-corrected chi connectivity index (χ4v) is 1.29. The first-order valence-corrected chi connectivity index (χ1v) is 6.00. The fourth-order valence-electron chi connectivity index (χ4n) is 1.29. The van der Waals surface area contributed by atoms with Gasteiger partial charge in [-0.25, -0.2) is 0 Å². The first-order valence-electron chi connectivity index (χ1n) is 6.00. The highest BCUT2D eigenvalue weighted by molar-refractivity contribution is 5.94. The number of hydrogen-bond donors (Lipinski definition) is 2. The molecule has 4 heteroatoms. The molecule has 1 rings (SSSR count). The smallest absolute Gasteiger partial charge is 0.252 e. The van der Waals surface area contributed by atoms with E-state index in [1.165, 1.54) is 6.20 Å². The van der Waals surface area contributed by atoms with E-state index in [9.17, 15) is 4.79 Å². The minimum absolute atomic E-state index is 0.143. The van der Waals surface area contributed by atoms with Gasteiger partial charge in [-0.05, 0) is 12.0 Å². The summed E-state index contributed by atoms with van der Waals surface area (Å²) < 4.78 is 0. The van der Waals surface area contributed by atoms with Gasteiger partial charge in [-0.1, -0.05) is 32.1 Å². The lowest BCUT2D eigenvalue weighted by atomic mass is 10.1. The van der Waals surface area contributed by atoms with Gasteiger partial charge in [0.05, 0.1) is 5.56 Å².